The molecule has 1 fully saturated rings. The van der Waals surface area contributed by atoms with Crippen molar-refractivity contribution >= 4 is 18.0 Å². The van der Waals surface area contributed by atoms with Crippen LogP contribution in [0, 0.1) is 13.8 Å². The molecule has 0 atom stereocenters. The maximum atomic E-state index is 12.5. The number of carbonyl (C=O) groups excluding carboxylic acids is 2. The summed E-state index contributed by atoms with van der Waals surface area (Å²) in [6, 6.07) is 7.74. The minimum atomic E-state index is -0.370. The zero-order valence-electron chi connectivity index (χ0n) is 21.3. The first kappa shape index (κ1) is 26.5. The zero-order valence-corrected chi connectivity index (χ0v) is 21.3. The number of morpholine rings is 1. The first-order chi connectivity index (χ1) is 16.9. The molecule has 35 heavy (non-hydrogen) atoms. The zero-order chi connectivity index (χ0) is 25.2. The Morgan fingerprint density at radius 1 is 1.14 bits per heavy atom. The predicted molar refractivity (Wildman–Crippen MR) is 136 cm³/mol. The summed E-state index contributed by atoms with van der Waals surface area (Å²) in [5.74, 6) is 0.178. The molecule has 0 bridgehead atoms. The molecule has 1 aromatic carbocycles. The topological polar surface area (TPSA) is 82.0 Å². The summed E-state index contributed by atoms with van der Waals surface area (Å²) in [6.07, 6.45) is 3.16. The van der Waals surface area contributed by atoms with Gasteiger partial charge in [0, 0.05) is 55.8 Å². The van der Waals surface area contributed by atoms with Crippen LogP contribution in [-0.2, 0) is 27.4 Å². The Hall–Kier alpha value is -3.10. The average molecular weight is 484 g/mol. The van der Waals surface area contributed by atoms with Crippen LogP contribution < -0.4 is 10.1 Å². The molecule has 1 aliphatic rings. The van der Waals surface area contributed by atoms with E-state index in [0.717, 1.165) is 62.1 Å². The maximum absolute atomic E-state index is 12.5. The van der Waals surface area contributed by atoms with E-state index < -0.39 is 0 Å². The average Bonchev–Trinajstić information content (AvgIpc) is 3.11. The lowest BCUT2D eigenvalue weighted by Crippen LogP contribution is -2.38. The fraction of sp³-hybridized carbons (Fsp3) is 0.481. The molecule has 0 aliphatic carbocycles. The van der Waals surface area contributed by atoms with Gasteiger partial charge in [-0.1, -0.05) is 12.1 Å². The fourth-order valence-corrected chi connectivity index (χ4v) is 4.32. The van der Waals surface area contributed by atoms with Gasteiger partial charge >= 0.3 is 5.97 Å². The van der Waals surface area contributed by atoms with Crippen LogP contribution in [0.15, 0.2) is 30.3 Å². The van der Waals surface area contributed by atoms with Gasteiger partial charge in [-0.25, -0.2) is 4.79 Å². The smallest absolute Gasteiger partial charge is 0.340 e. The van der Waals surface area contributed by atoms with Gasteiger partial charge in [0.2, 0.25) is 5.91 Å². The van der Waals surface area contributed by atoms with Crippen LogP contribution in [0.2, 0.25) is 0 Å². The van der Waals surface area contributed by atoms with Crippen LogP contribution in [0.4, 0.5) is 0 Å². The Labute approximate surface area is 207 Å². The highest BCUT2D eigenvalue weighted by Gasteiger charge is 2.22. The molecular weight excluding hydrogens is 446 g/mol. The molecule has 0 radical (unpaired) electrons. The van der Waals surface area contributed by atoms with Crippen LogP contribution in [-0.4, -0.2) is 67.4 Å². The second-order valence-electron chi connectivity index (χ2n) is 8.43. The van der Waals surface area contributed by atoms with Crippen LogP contribution in [0.1, 0.15) is 46.7 Å². The lowest BCUT2D eigenvalue weighted by molar-refractivity contribution is -0.116. The third kappa shape index (κ3) is 7.19. The summed E-state index contributed by atoms with van der Waals surface area (Å²) >= 11 is 0. The van der Waals surface area contributed by atoms with Crippen molar-refractivity contribution in [3.05, 3.63) is 58.4 Å². The molecule has 1 saturated heterocycles. The van der Waals surface area contributed by atoms with Gasteiger partial charge in [0.25, 0.3) is 0 Å². The van der Waals surface area contributed by atoms with Crippen molar-refractivity contribution in [1.29, 1.82) is 0 Å². The van der Waals surface area contributed by atoms with Gasteiger partial charge in [-0.15, -0.1) is 0 Å². The first-order valence-electron chi connectivity index (χ1n) is 12.3. The van der Waals surface area contributed by atoms with E-state index in [0.29, 0.717) is 30.9 Å². The summed E-state index contributed by atoms with van der Waals surface area (Å²) in [5, 5.41) is 2.91. The highest BCUT2D eigenvalue weighted by atomic mass is 16.5. The monoisotopic (exact) mass is 483 g/mol. The number of ether oxygens (including phenoxy) is 3. The van der Waals surface area contributed by atoms with Crippen molar-refractivity contribution in [2.45, 2.75) is 40.8 Å². The van der Waals surface area contributed by atoms with Crippen molar-refractivity contribution in [3.63, 3.8) is 0 Å². The Morgan fingerprint density at radius 3 is 2.63 bits per heavy atom. The quantitative estimate of drug-likeness (QED) is 0.390. The van der Waals surface area contributed by atoms with Crippen molar-refractivity contribution in [2.75, 3.05) is 46.1 Å². The summed E-state index contributed by atoms with van der Waals surface area (Å²) in [5.41, 5.74) is 3.95. The molecule has 0 saturated carbocycles. The summed E-state index contributed by atoms with van der Waals surface area (Å²) < 4.78 is 18.6. The normalized spacial score (nSPS) is 14.3. The molecule has 8 nitrogen and oxygen atoms in total. The molecule has 3 rings (SSSR count). The molecule has 8 heteroatoms. The van der Waals surface area contributed by atoms with Crippen molar-refractivity contribution in [3.8, 4) is 5.75 Å². The number of hydrogen-bond donors (Lipinski definition) is 1. The van der Waals surface area contributed by atoms with Crippen molar-refractivity contribution in [1.82, 2.24) is 14.8 Å². The molecule has 0 spiro atoms. The number of nitrogens with zero attached hydrogens (tertiary/aromatic N) is 2. The summed E-state index contributed by atoms with van der Waals surface area (Å²) in [4.78, 5) is 27.4. The first-order valence-corrected chi connectivity index (χ1v) is 12.3. The number of aromatic nitrogens is 1. The van der Waals surface area contributed by atoms with Crippen LogP contribution in [0.5, 0.6) is 5.75 Å². The van der Waals surface area contributed by atoms with Gasteiger partial charge in [0.15, 0.2) is 0 Å². The van der Waals surface area contributed by atoms with Crippen LogP contribution in [0.3, 0.4) is 0 Å². The molecule has 1 aromatic heterocycles. The van der Waals surface area contributed by atoms with E-state index in [4.69, 9.17) is 14.2 Å². The number of amides is 1. The van der Waals surface area contributed by atoms with E-state index in [2.05, 4.69) is 10.2 Å². The SMILES string of the molecule is CCOC(=O)c1c(/C=C/C(=O)NCc2cccc(OCCN3CCOCC3)c2)c(C)n(CC)c1C. The highest BCUT2D eigenvalue weighted by molar-refractivity contribution is 5.98. The summed E-state index contributed by atoms with van der Waals surface area (Å²) in [7, 11) is 0. The number of carbonyl (C=O) groups is 2. The number of hydrogen-bond acceptors (Lipinski definition) is 6. The van der Waals surface area contributed by atoms with Gasteiger partial charge in [0.1, 0.15) is 12.4 Å². The van der Waals surface area contributed by atoms with Crippen LogP contribution in [0.25, 0.3) is 6.08 Å². The molecule has 1 aliphatic heterocycles. The maximum Gasteiger partial charge on any atom is 0.340 e. The van der Waals surface area contributed by atoms with Crippen LogP contribution >= 0.6 is 0 Å². The van der Waals surface area contributed by atoms with E-state index >= 15 is 0 Å². The Morgan fingerprint density at radius 2 is 1.91 bits per heavy atom. The third-order valence-corrected chi connectivity index (χ3v) is 6.17. The van der Waals surface area contributed by atoms with Gasteiger partial charge in [-0.05, 0) is 51.5 Å². The van der Waals surface area contributed by atoms with Gasteiger partial charge in [-0.3, -0.25) is 9.69 Å². The standard InChI is InChI=1S/C27H37N3O5/c1-5-30-20(3)24(26(21(30)4)27(32)34-6-2)10-11-25(31)28-19-22-8-7-9-23(18-22)35-17-14-29-12-15-33-16-13-29/h7-11,18H,5-6,12-17,19H2,1-4H3,(H,28,31)/b11-10+. The molecular formula is C27H37N3O5. The van der Waals surface area contributed by atoms with Gasteiger partial charge in [-0.2, -0.15) is 0 Å². The van der Waals surface area contributed by atoms with E-state index in [1.54, 1.807) is 13.0 Å². The number of benzene rings is 1. The van der Waals surface area contributed by atoms with E-state index in [9.17, 15) is 9.59 Å². The fourth-order valence-electron chi connectivity index (χ4n) is 4.32. The van der Waals surface area contributed by atoms with Gasteiger partial charge in [0.05, 0.1) is 25.4 Å². The Kier molecular flexibility index (Phi) is 9.93. The van der Waals surface area contributed by atoms with E-state index in [1.807, 2.05) is 49.6 Å². The second kappa shape index (κ2) is 13.1. The minimum absolute atomic E-state index is 0.236. The number of rotatable bonds is 11. The molecule has 190 valence electrons. The molecule has 2 aromatic rings. The largest absolute Gasteiger partial charge is 0.492 e. The molecule has 0 unspecified atom stereocenters. The Bertz CT molecular complexity index is 1040. The number of nitrogens with one attached hydrogen (secondary N) is 1. The summed E-state index contributed by atoms with van der Waals surface area (Å²) in [6.45, 7) is 14.0. The highest BCUT2D eigenvalue weighted by Crippen LogP contribution is 2.25. The molecule has 1 amide bonds. The van der Waals surface area contributed by atoms with Crippen molar-refractivity contribution < 1.29 is 23.8 Å². The van der Waals surface area contributed by atoms with E-state index in [-0.39, 0.29) is 11.9 Å². The Balaban J connectivity index is 1.57. The van der Waals surface area contributed by atoms with E-state index in [1.165, 1.54) is 6.08 Å². The number of esters is 1. The molecule has 1 N–H and O–H groups in total. The second-order valence-corrected chi connectivity index (χ2v) is 8.43. The third-order valence-electron chi connectivity index (χ3n) is 6.17. The van der Waals surface area contributed by atoms with Crippen molar-refractivity contribution in [2.24, 2.45) is 0 Å². The lowest BCUT2D eigenvalue weighted by Gasteiger charge is -2.26. The van der Waals surface area contributed by atoms with Gasteiger partial charge < -0.3 is 24.1 Å². The minimum Gasteiger partial charge on any atom is -0.492 e. The molecule has 2 heterocycles. The predicted octanol–water partition coefficient (Wildman–Crippen LogP) is 3.34. The lowest BCUT2D eigenvalue weighted by atomic mass is 10.1.